The molecule has 0 spiro atoms. The quantitative estimate of drug-likeness (QED) is 0.667. The second-order valence-corrected chi connectivity index (χ2v) is 7.46. The number of hydrogen-bond acceptors (Lipinski definition) is 4. The van der Waals surface area contributed by atoms with Crippen molar-refractivity contribution < 1.29 is 14.3 Å². The molecule has 5 nitrogen and oxygen atoms in total. The number of rotatable bonds is 3. The molecule has 2 aromatic rings. The maximum absolute atomic E-state index is 13.0. The number of nitrogen functional groups attached to an aromatic ring is 1. The molecule has 1 saturated carbocycles. The largest absolute Gasteiger partial charge is 0.469 e. The fraction of sp³-hybridized carbons (Fsp3) is 0.364. The van der Waals surface area contributed by atoms with E-state index < -0.39 is 0 Å². The molecule has 1 heterocycles. The van der Waals surface area contributed by atoms with Crippen molar-refractivity contribution in [3.05, 3.63) is 53.6 Å². The van der Waals surface area contributed by atoms with Gasteiger partial charge in [-0.05, 0) is 60.6 Å². The summed E-state index contributed by atoms with van der Waals surface area (Å²) in [5.41, 5.74) is 10.4. The first kappa shape index (κ1) is 17.6. The number of nitrogens with zero attached hydrogens (tertiary/aromatic N) is 1. The number of anilines is 1. The van der Waals surface area contributed by atoms with E-state index in [0.717, 1.165) is 53.6 Å². The highest BCUT2D eigenvalue weighted by atomic mass is 16.5. The van der Waals surface area contributed by atoms with Crippen LogP contribution in [0.3, 0.4) is 0 Å². The van der Waals surface area contributed by atoms with Gasteiger partial charge >= 0.3 is 5.97 Å². The third-order valence-electron chi connectivity index (χ3n) is 5.86. The molecule has 2 aromatic carbocycles. The van der Waals surface area contributed by atoms with Gasteiger partial charge in [-0.1, -0.05) is 24.3 Å². The van der Waals surface area contributed by atoms with Gasteiger partial charge in [0, 0.05) is 23.8 Å². The number of nitrogens with two attached hydrogens (primary N) is 1. The minimum absolute atomic E-state index is 0.0246. The number of methoxy groups -OCH3 is 1. The lowest BCUT2D eigenvalue weighted by Crippen LogP contribution is -2.39. The lowest BCUT2D eigenvalue weighted by molar-refractivity contribution is -0.146. The van der Waals surface area contributed by atoms with E-state index in [1.807, 2.05) is 35.2 Å². The zero-order chi connectivity index (χ0) is 19.0. The first-order valence-electron chi connectivity index (χ1n) is 9.44. The Morgan fingerprint density at radius 1 is 1.04 bits per heavy atom. The van der Waals surface area contributed by atoms with Crippen molar-refractivity contribution in [1.82, 2.24) is 4.90 Å². The highest BCUT2D eigenvalue weighted by Gasteiger charge is 2.36. The average Bonchev–Trinajstić information content (AvgIpc) is 3.04. The number of ether oxygens (including phenoxy) is 1. The first-order chi connectivity index (χ1) is 13.1. The van der Waals surface area contributed by atoms with Gasteiger partial charge in [-0.3, -0.25) is 9.59 Å². The molecule has 0 aromatic heterocycles. The smallest absolute Gasteiger partial charge is 0.308 e. The van der Waals surface area contributed by atoms with E-state index >= 15 is 0 Å². The molecule has 0 radical (unpaired) electrons. The minimum Gasteiger partial charge on any atom is -0.469 e. The Kier molecular flexibility index (Phi) is 4.60. The molecule has 140 valence electrons. The SMILES string of the molecule is COC(=O)C1CCC(N2Cc3ccc(-c4ccc(N)cc4)cc3C2=O)CC1. The monoisotopic (exact) mass is 364 g/mol. The zero-order valence-electron chi connectivity index (χ0n) is 15.5. The Balaban J connectivity index is 1.50. The highest BCUT2D eigenvalue weighted by Crippen LogP contribution is 2.35. The van der Waals surface area contributed by atoms with Crippen LogP contribution in [0.15, 0.2) is 42.5 Å². The van der Waals surface area contributed by atoms with Crippen LogP contribution in [0.1, 0.15) is 41.6 Å². The summed E-state index contributed by atoms with van der Waals surface area (Å²) in [5.74, 6) is -0.0510. The van der Waals surface area contributed by atoms with Gasteiger partial charge < -0.3 is 15.4 Å². The van der Waals surface area contributed by atoms with Crippen LogP contribution in [0.4, 0.5) is 5.69 Å². The lowest BCUT2D eigenvalue weighted by atomic mass is 9.85. The first-order valence-corrected chi connectivity index (χ1v) is 9.44. The molecule has 0 unspecified atom stereocenters. The van der Waals surface area contributed by atoms with Crippen LogP contribution >= 0.6 is 0 Å². The Morgan fingerprint density at radius 2 is 1.70 bits per heavy atom. The number of carbonyl (C=O) groups is 2. The fourth-order valence-corrected chi connectivity index (χ4v) is 4.26. The molecule has 2 N–H and O–H groups in total. The second kappa shape index (κ2) is 7.06. The van der Waals surface area contributed by atoms with Crippen molar-refractivity contribution in [2.45, 2.75) is 38.3 Å². The van der Waals surface area contributed by atoms with E-state index in [0.29, 0.717) is 6.54 Å². The Hall–Kier alpha value is -2.82. The van der Waals surface area contributed by atoms with Crippen molar-refractivity contribution in [2.75, 3.05) is 12.8 Å². The van der Waals surface area contributed by atoms with Crippen LogP contribution < -0.4 is 5.73 Å². The van der Waals surface area contributed by atoms with Crippen LogP contribution in [0.25, 0.3) is 11.1 Å². The molecule has 0 atom stereocenters. The summed E-state index contributed by atoms with van der Waals surface area (Å²) in [7, 11) is 1.44. The number of amides is 1. The van der Waals surface area contributed by atoms with Crippen molar-refractivity contribution in [2.24, 2.45) is 5.92 Å². The maximum Gasteiger partial charge on any atom is 0.308 e. The molecule has 27 heavy (non-hydrogen) atoms. The number of fused-ring (bicyclic) bond motifs is 1. The van der Waals surface area contributed by atoms with E-state index in [9.17, 15) is 9.59 Å². The standard InChI is InChI=1S/C22H24N2O3/c1-27-22(26)15-6-10-19(11-7-15)24-13-17-3-2-16(12-20(17)21(24)25)14-4-8-18(23)9-5-14/h2-5,8-9,12,15,19H,6-7,10-11,13,23H2,1H3. The number of benzene rings is 2. The van der Waals surface area contributed by atoms with Crippen molar-refractivity contribution >= 4 is 17.6 Å². The number of carbonyl (C=O) groups excluding carboxylic acids is 2. The molecular formula is C22H24N2O3. The van der Waals surface area contributed by atoms with Gasteiger partial charge in [0.05, 0.1) is 13.0 Å². The van der Waals surface area contributed by atoms with Crippen molar-refractivity contribution in [1.29, 1.82) is 0 Å². The molecule has 5 heteroatoms. The van der Waals surface area contributed by atoms with Crippen LogP contribution in [-0.2, 0) is 16.1 Å². The van der Waals surface area contributed by atoms with E-state index in [-0.39, 0.29) is 23.8 Å². The summed E-state index contributed by atoms with van der Waals surface area (Å²) in [6.45, 7) is 0.656. The molecule has 0 bridgehead atoms. The van der Waals surface area contributed by atoms with Gasteiger partial charge in [-0.2, -0.15) is 0 Å². The Bertz CT molecular complexity index is 868. The van der Waals surface area contributed by atoms with E-state index in [4.69, 9.17) is 10.5 Å². The predicted octanol–water partition coefficient (Wildman–Crippen LogP) is 3.62. The van der Waals surface area contributed by atoms with Gasteiger partial charge in [0.25, 0.3) is 5.91 Å². The van der Waals surface area contributed by atoms with Gasteiger partial charge in [-0.25, -0.2) is 0 Å². The molecular weight excluding hydrogens is 340 g/mol. The van der Waals surface area contributed by atoms with Crippen molar-refractivity contribution in [3.63, 3.8) is 0 Å². The minimum atomic E-state index is -0.127. The Labute approximate surface area is 159 Å². The topological polar surface area (TPSA) is 72.6 Å². The normalized spacial score (nSPS) is 21.8. The summed E-state index contributed by atoms with van der Waals surface area (Å²) in [5, 5.41) is 0. The average molecular weight is 364 g/mol. The maximum atomic E-state index is 13.0. The summed E-state index contributed by atoms with van der Waals surface area (Å²) < 4.78 is 4.86. The molecule has 2 aliphatic rings. The molecule has 1 amide bonds. The molecule has 1 aliphatic carbocycles. The third-order valence-corrected chi connectivity index (χ3v) is 5.86. The lowest BCUT2D eigenvalue weighted by Gasteiger charge is -2.33. The van der Waals surface area contributed by atoms with Gasteiger partial charge in [-0.15, -0.1) is 0 Å². The van der Waals surface area contributed by atoms with Crippen LogP contribution in [0.5, 0.6) is 0 Å². The van der Waals surface area contributed by atoms with E-state index in [1.54, 1.807) is 0 Å². The summed E-state index contributed by atoms with van der Waals surface area (Å²) in [6.07, 6.45) is 3.27. The molecule has 1 fully saturated rings. The number of hydrogen-bond donors (Lipinski definition) is 1. The fourth-order valence-electron chi connectivity index (χ4n) is 4.26. The Morgan fingerprint density at radius 3 is 2.37 bits per heavy atom. The third kappa shape index (κ3) is 3.29. The summed E-state index contributed by atoms with van der Waals surface area (Å²) >= 11 is 0. The number of esters is 1. The van der Waals surface area contributed by atoms with E-state index in [1.165, 1.54) is 7.11 Å². The van der Waals surface area contributed by atoms with Crippen LogP contribution in [-0.4, -0.2) is 29.9 Å². The van der Waals surface area contributed by atoms with E-state index in [2.05, 4.69) is 12.1 Å². The van der Waals surface area contributed by atoms with Gasteiger partial charge in [0.1, 0.15) is 0 Å². The van der Waals surface area contributed by atoms with Crippen molar-refractivity contribution in [3.8, 4) is 11.1 Å². The zero-order valence-corrected chi connectivity index (χ0v) is 15.5. The van der Waals surface area contributed by atoms with Gasteiger partial charge in [0.2, 0.25) is 0 Å². The molecule has 0 saturated heterocycles. The highest BCUT2D eigenvalue weighted by molar-refractivity contribution is 5.99. The summed E-state index contributed by atoms with van der Waals surface area (Å²) in [4.78, 5) is 26.7. The van der Waals surface area contributed by atoms with Crippen LogP contribution in [0.2, 0.25) is 0 Å². The molecule has 4 rings (SSSR count). The van der Waals surface area contributed by atoms with Crippen LogP contribution in [0, 0.1) is 5.92 Å². The van der Waals surface area contributed by atoms with Gasteiger partial charge in [0.15, 0.2) is 0 Å². The predicted molar refractivity (Wildman–Crippen MR) is 104 cm³/mol. The second-order valence-electron chi connectivity index (χ2n) is 7.46. The summed E-state index contributed by atoms with van der Waals surface area (Å²) in [6, 6.07) is 14.0. The molecule has 1 aliphatic heterocycles.